The van der Waals surface area contributed by atoms with Crippen LogP contribution >= 0.6 is 0 Å². The zero-order valence-corrected chi connectivity index (χ0v) is 26.5. The second-order valence-electron chi connectivity index (χ2n) is 12.4. The van der Waals surface area contributed by atoms with Gasteiger partial charge in [0.1, 0.15) is 5.52 Å². The first-order valence-corrected chi connectivity index (χ1v) is 16.6. The van der Waals surface area contributed by atoms with E-state index >= 15 is 0 Å². The van der Waals surface area contributed by atoms with Gasteiger partial charge in [-0.25, -0.2) is 4.98 Å². The number of nitrogens with zero attached hydrogens (tertiary/aromatic N) is 3. The molecule has 10 rings (SSSR count). The topological polar surface area (TPSA) is 34.2 Å². The Morgan fingerprint density at radius 3 is 1.90 bits per heavy atom. The summed E-state index contributed by atoms with van der Waals surface area (Å²) in [6.45, 7) is 0. The average molecular weight is 628 g/mol. The van der Waals surface area contributed by atoms with Gasteiger partial charge < -0.3 is 13.9 Å². The van der Waals surface area contributed by atoms with Crippen molar-refractivity contribution in [3.8, 4) is 17.1 Å². The molecule has 0 fully saturated rings. The first-order valence-electron chi connectivity index (χ1n) is 16.6. The molecule has 4 nitrogen and oxygen atoms in total. The number of hydrogen-bond acceptors (Lipinski definition) is 3. The molecule has 0 bridgehead atoms. The number of aromatic nitrogens is 2. The van der Waals surface area contributed by atoms with Crippen LogP contribution in [0.3, 0.4) is 0 Å². The van der Waals surface area contributed by atoms with Crippen LogP contribution in [0.1, 0.15) is 0 Å². The Morgan fingerprint density at radius 2 is 1.08 bits per heavy atom. The van der Waals surface area contributed by atoms with Crippen LogP contribution in [0, 0.1) is 0 Å². The molecule has 0 radical (unpaired) electrons. The second-order valence-corrected chi connectivity index (χ2v) is 12.4. The molecule has 0 saturated heterocycles. The minimum Gasteiger partial charge on any atom is -0.435 e. The molecular weight excluding hydrogens is 599 g/mol. The number of hydrogen-bond donors (Lipinski definition) is 0. The minimum atomic E-state index is 0.630. The Balaban J connectivity index is 1.20. The van der Waals surface area contributed by atoms with Gasteiger partial charge in [0.25, 0.3) is 0 Å². The second kappa shape index (κ2) is 11.0. The molecule has 0 amide bonds. The molecular formula is C45H29N3O. The maximum atomic E-state index is 6.55. The van der Waals surface area contributed by atoms with Gasteiger partial charge in [-0.2, -0.15) is 0 Å². The van der Waals surface area contributed by atoms with E-state index in [1.807, 2.05) is 30.3 Å². The van der Waals surface area contributed by atoms with E-state index in [9.17, 15) is 0 Å². The fraction of sp³-hybridized carbons (Fsp3) is 0. The van der Waals surface area contributed by atoms with E-state index in [2.05, 4.69) is 155 Å². The molecule has 0 saturated carbocycles. The summed E-state index contributed by atoms with van der Waals surface area (Å²) in [6, 6.07) is 62.1. The summed E-state index contributed by atoms with van der Waals surface area (Å²) < 4.78 is 8.90. The monoisotopic (exact) mass is 627 g/mol. The lowest BCUT2D eigenvalue weighted by Crippen LogP contribution is -2.09. The van der Waals surface area contributed by atoms with Crippen LogP contribution in [0.4, 0.5) is 17.1 Å². The van der Waals surface area contributed by atoms with E-state index in [-0.39, 0.29) is 0 Å². The summed E-state index contributed by atoms with van der Waals surface area (Å²) in [7, 11) is 0. The first kappa shape index (κ1) is 27.5. The van der Waals surface area contributed by atoms with Crippen molar-refractivity contribution in [1.29, 1.82) is 0 Å². The van der Waals surface area contributed by atoms with Crippen molar-refractivity contribution in [1.82, 2.24) is 9.55 Å². The van der Waals surface area contributed by atoms with Gasteiger partial charge in [-0.1, -0.05) is 97.1 Å². The van der Waals surface area contributed by atoms with Gasteiger partial charge in [-0.15, -0.1) is 0 Å². The summed E-state index contributed by atoms with van der Waals surface area (Å²) in [5.74, 6) is 0.630. The molecule has 0 aliphatic heterocycles. The predicted molar refractivity (Wildman–Crippen MR) is 203 cm³/mol. The van der Waals surface area contributed by atoms with Crippen LogP contribution < -0.4 is 4.90 Å². The summed E-state index contributed by atoms with van der Waals surface area (Å²) in [5, 5.41) is 6.90. The highest BCUT2D eigenvalue weighted by molar-refractivity contribution is 6.19. The van der Waals surface area contributed by atoms with E-state index in [0.29, 0.717) is 5.89 Å². The molecule has 230 valence electrons. The smallest absolute Gasteiger partial charge is 0.227 e. The summed E-state index contributed by atoms with van der Waals surface area (Å²) in [5.41, 5.74) is 9.38. The highest BCUT2D eigenvalue weighted by Crippen LogP contribution is 2.42. The zero-order chi connectivity index (χ0) is 32.3. The number of oxazole rings is 1. The normalized spacial score (nSPS) is 11.7. The van der Waals surface area contributed by atoms with Crippen LogP contribution in [0.25, 0.3) is 71.6 Å². The summed E-state index contributed by atoms with van der Waals surface area (Å²) in [6.07, 6.45) is 0. The van der Waals surface area contributed by atoms with Crippen molar-refractivity contribution in [2.75, 3.05) is 4.90 Å². The van der Waals surface area contributed by atoms with E-state index in [4.69, 9.17) is 9.40 Å². The zero-order valence-electron chi connectivity index (χ0n) is 26.5. The Bertz CT molecular complexity index is 2820. The summed E-state index contributed by atoms with van der Waals surface area (Å²) in [4.78, 5) is 7.24. The molecule has 2 aromatic heterocycles. The van der Waals surface area contributed by atoms with Crippen LogP contribution in [-0.4, -0.2) is 9.55 Å². The Morgan fingerprint density at radius 1 is 0.469 bits per heavy atom. The Hall–Kier alpha value is -6.65. The van der Waals surface area contributed by atoms with Gasteiger partial charge >= 0.3 is 0 Å². The van der Waals surface area contributed by atoms with Gasteiger partial charge in [0.2, 0.25) is 5.89 Å². The quantitative estimate of drug-likeness (QED) is 0.178. The molecule has 0 atom stereocenters. The predicted octanol–water partition coefficient (Wildman–Crippen LogP) is 12.4. The molecule has 0 aliphatic carbocycles. The molecule has 10 aromatic rings. The first-order chi connectivity index (χ1) is 24.3. The molecule has 2 heterocycles. The molecule has 0 unspecified atom stereocenters. The van der Waals surface area contributed by atoms with Gasteiger partial charge in [0.15, 0.2) is 5.58 Å². The maximum Gasteiger partial charge on any atom is 0.227 e. The van der Waals surface area contributed by atoms with E-state index in [1.54, 1.807) is 0 Å². The fourth-order valence-corrected chi connectivity index (χ4v) is 7.33. The number of anilines is 3. The van der Waals surface area contributed by atoms with Gasteiger partial charge in [-0.05, 0) is 95.0 Å². The number of benzene rings is 8. The highest BCUT2D eigenvalue weighted by Gasteiger charge is 2.19. The van der Waals surface area contributed by atoms with Gasteiger partial charge in [-0.3, -0.25) is 0 Å². The van der Waals surface area contributed by atoms with Crippen molar-refractivity contribution in [3.63, 3.8) is 0 Å². The standard InChI is InChI=1S/C45H29N3O/c1-4-12-32(13-5-1)45-46-40-26-23-31-21-20-30-22-24-35(28-38(30)43(31)44(40)49-45)47(33-14-6-2-7-15-33)36-25-27-42-39(29-36)37-18-10-11-19-41(37)48(42)34-16-8-3-9-17-34/h1-29H. The SMILES string of the molecule is c1ccc(-c2nc3ccc4ccc5ccc(N(c6ccccc6)c6ccc7c(c6)c6ccccc6n7-c6ccccc6)cc5c4c3o2)cc1. The largest absolute Gasteiger partial charge is 0.435 e. The molecule has 0 aliphatic rings. The minimum absolute atomic E-state index is 0.630. The van der Waals surface area contributed by atoms with E-state index in [0.717, 1.165) is 61.0 Å². The third kappa shape index (κ3) is 4.42. The fourth-order valence-electron chi connectivity index (χ4n) is 7.33. The third-order valence-electron chi connectivity index (χ3n) is 9.56. The highest BCUT2D eigenvalue weighted by atomic mass is 16.3. The van der Waals surface area contributed by atoms with Crippen LogP contribution in [0.15, 0.2) is 180 Å². The molecule has 0 N–H and O–H groups in total. The Labute approximate surface area is 282 Å². The molecule has 49 heavy (non-hydrogen) atoms. The van der Waals surface area contributed by atoms with Crippen molar-refractivity contribution in [2.24, 2.45) is 0 Å². The molecule has 4 heteroatoms. The number of rotatable bonds is 5. The van der Waals surface area contributed by atoms with Crippen LogP contribution in [-0.2, 0) is 0 Å². The van der Waals surface area contributed by atoms with E-state index < -0.39 is 0 Å². The van der Waals surface area contributed by atoms with Crippen molar-refractivity contribution >= 4 is 71.5 Å². The van der Waals surface area contributed by atoms with Gasteiger partial charge in [0, 0.05) is 44.5 Å². The number of fused-ring (bicyclic) bond motifs is 8. The van der Waals surface area contributed by atoms with Crippen molar-refractivity contribution in [2.45, 2.75) is 0 Å². The lowest BCUT2D eigenvalue weighted by atomic mass is 10.00. The maximum absolute atomic E-state index is 6.55. The Kier molecular flexibility index (Phi) is 6.15. The van der Waals surface area contributed by atoms with Gasteiger partial charge in [0.05, 0.1) is 11.0 Å². The van der Waals surface area contributed by atoms with Crippen molar-refractivity contribution < 1.29 is 4.42 Å². The number of para-hydroxylation sites is 3. The molecule has 0 spiro atoms. The lowest BCUT2D eigenvalue weighted by Gasteiger charge is -2.26. The van der Waals surface area contributed by atoms with Crippen LogP contribution in [0.2, 0.25) is 0 Å². The molecule has 8 aromatic carbocycles. The summed E-state index contributed by atoms with van der Waals surface area (Å²) >= 11 is 0. The van der Waals surface area contributed by atoms with Crippen LogP contribution in [0.5, 0.6) is 0 Å². The third-order valence-corrected chi connectivity index (χ3v) is 9.56. The average Bonchev–Trinajstić information content (AvgIpc) is 3.76. The lowest BCUT2D eigenvalue weighted by molar-refractivity contribution is 0.623. The van der Waals surface area contributed by atoms with Crippen molar-refractivity contribution in [3.05, 3.63) is 176 Å². The van der Waals surface area contributed by atoms with E-state index in [1.165, 1.54) is 21.8 Å².